The van der Waals surface area contributed by atoms with Crippen molar-refractivity contribution in [3.63, 3.8) is 0 Å². The molecule has 3 unspecified atom stereocenters. The molecule has 3 N–H and O–H groups in total. The Balaban J connectivity index is 1.68. The lowest BCUT2D eigenvalue weighted by atomic mass is 10.1. The molecule has 25 heavy (non-hydrogen) atoms. The maximum atomic E-state index is 13.5. The van der Waals surface area contributed by atoms with Gasteiger partial charge in [0.1, 0.15) is 17.7 Å². The van der Waals surface area contributed by atoms with Gasteiger partial charge in [-0.2, -0.15) is 0 Å². The highest BCUT2D eigenvalue weighted by atomic mass is 19.1. The number of hydrogen-bond acceptors (Lipinski definition) is 4. The highest BCUT2D eigenvalue weighted by molar-refractivity contribution is 6.04. The monoisotopic (exact) mass is 346 g/mol. The molecule has 1 fully saturated rings. The summed E-state index contributed by atoms with van der Waals surface area (Å²) in [7, 11) is 0. The van der Waals surface area contributed by atoms with Crippen molar-refractivity contribution in [1.82, 2.24) is 5.32 Å². The minimum atomic E-state index is -1.02. The first kappa shape index (κ1) is 17.2. The molecule has 3 rings (SSSR count). The maximum absolute atomic E-state index is 13.5. The van der Waals surface area contributed by atoms with Crippen LogP contribution in [0.15, 0.2) is 41.0 Å². The van der Waals surface area contributed by atoms with Crippen molar-refractivity contribution in [2.24, 2.45) is 11.8 Å². The van der Waals surface area contributed by atoms with Crippen molar-refractivity contribution in [3.05, 3.63) is 53.7 Å². The molecule has 1 aliphatic carbocycles. The SMILES string of the molecule is CC1CC1C(=O)Nc1ccc(F)cc1C(=O)NCC(O)c1ccco1. The number of aliphatic hydroxyl groups is 1. The third kappa shape index (κ3) is 4.06. The van der Waals surface area contributed by atoms with E-state index in [1.807, 2.05) is 6.92 Å². The van der Waals surface area contributed by atoms with E-state index in [0.29, 0.717) is 11.7 Å². The smallest absolute Gasteiger partial charge is 0.253 e. The lowest BCUT2D eigenvalue weighted by Crippen LogP contribution is -2.29. The summed E-state index contributed by atoms with van der Waals surface area (Å²) in [5.74, 6) is -0.791. The van der Waals surface area contributed by atoms with Crippen LogP contribution in [0.4, 0.5) is 10.1 Å². The molecule has 6 nitrogen and oxygen atoms in total. The van der Waals surface area contributed by atoms with Gasteiger partial charge in [0.05, 0.1) is 24.1 Å². The molecule has 0 aliphatic heterocycles. The standard InChI is InChI=1S/C18H19FN2O4/c1-10-7-12(10)18(24)21-14-5-4-11(19)8-13(14)17(23)20-9-15(22)16-3-2-6-25-16/h2-6,8,10,12,15,22H,7,9H2,1H3,(H,20,23)(H,21,24). The molecule has 7 heteroatoms. The Hall–Kier alpha value is -2.67. The van der Waals surface area contributed by atoms with E-state index in [0.717, 1.165) is 12.5 Å². The van der Waals surface area contributed by atoms with E-state index < -0.39 is 17.8 Å². The van der Waals surface area contributed by atoms with Crippen LogP contribution in [-0.2, 0) is 4.79 Å². The molecule has 1 aromatic heterocycles. The Morgan fingerprint density at radius 2 is 2.16 bits per heavy atom. The van der Waals surface area contributed by atoms with Crippen molar-refractivity contribution in [3.8, 4) is 0 Å². The number of halogens is 1. The molecule has 1 aromatic carbocycles. The van der Waals surface area contributed by atoms with Crippen molar-refractivity contribution >= 4 is 17.5 Å². The summed E-state index contributed by atoms with van der Waals surface area (Å²) < 4.78 is 18.6. The number of aliphatic hydroxyl groups excluding tert-OH is 1. The number of carbonyl (C=O) groups excluding carboxylic acids is 2. The first-order valence-corrected chi connectivity index (χ1v) is 8.05. The van der Waals surface area contributed by atoms with Gasteiger partial charge in [-0.05, 0) is 42.7 Å². The normalized spacial score (nSPS) is 20.0. The number of carbonyl (C=O) groups is 2. The predicted molar refractivity (Wildman–Crippen MR) is 88.3 cm³/mol. The Labute approximate surface area is 144 Å². The van der Waals surface area contributed by atoms with Gasteiger partial charge in [-0.15, -0.1) is 0 Å². The average Bonchev–Trinajstić information content (AvgIpc) is 3.09. The van der Waals surface area contributed by atoms with Crippen LogP contribution in [0.5, 0.6) is 0 Å². The van der Waals surface area contributed by atoms with E-state index in [1.54, 1.807) is 12.1 Å². The van der Waals surface area contributed by atoms with Crippen LogP contribution >= 0.6 is 0 Å². The van der Waals surface area contributed by atoms with Crippen LogP contribution in [0.25, 0.3) is 0 Å². The number of anilines is 1. The van der Waals surface area contributed by atoms with E-state index in [-0.39, 0.29) is 29.6 Å². The highest BCUT2D eigenvalue weighted by Crippen LogP contribution is 2.38. The number of amides is 2. The second-order valence-corrected chi connectivity index (χ2v) is 6.24. The predicted octanol–water partition coefficient (Wildman–Crippen LogP) is 2.48. The summed E-state index contributed by atoms with van der Waals surface area (Å²) in [4.78, 5) is 24.4. The summed E-state index contributed by atoms with van der Waals surface area (Å²) >= 11 is 0. The van der Waals surface area contributed by atoms with E-state index >= 15 is 0 Å². The quantitative estimate of drug-likeness (QED) is 0.749. The van der Waals surface area contributed by atoms with Crippen LogP contribution in [0.1, 0.15) is 35.6 Å². The molecular weight excluding hydrogens is 327 g/mol. The summed E-state index contributed by atoms with van der Waals surface area (Å²) in [5, 5.41) is 15.1. The minimum absolute atomic E-state index is 0.00768. The molecule has 2 aromatic rings. The zero-order chi connectivity index (χ0) is 18.0. The molecule has 1 saturated carbocycles. The fourth-order valence-electron chi connectivity index (χ4n) is 2.59. The zero-order valence-electron chi connectivity index (χ0n) is 13.7. The Morgan fingerprint density at radius 1 is 1.40 bits per heavy atom. The number of nitrogens with one attached hydrogen (secondary N) is 2. The summed E-state index contributed by atoms with van der Waals surface area (Å²) in [6, 6.07) is 6.81. The van der Waals surface area contributed by atoms with Gasteiger partial charge in [0.15, 0.2) is 0 Å². The molecule has 0 spiro atoms. The molecule has 3 atom stereocenters. The lowest BCUT2D eigenvalue weighted by molar-refractivity contribution is -0.117. The van der Waals surface area contributed by atoms with Crippen LogP contribution in [-0.4, -0.2) is 23.5 Å². The summed E-state index contributed by atoms with van der Waals surface area (Å²) in [5.41, 5.74) is 0.254. The lowest BCUT2D eigenvalue weighted by Gasteiger charge is -2.13. The Kier molecular flexibility index (Phi) is 4.85. The molecule has 1 aliphatic rings. The first-order valence-electron chi connectivity index (χ1n) is 8.05. The van der Waals surface area contributed by atoms with Crippen LogP contribution < -0.4 is 10.6 Å². The van der Waals surface area contributed by atoms with Crippen LogP contribution in [0, 0.1) is 17.7 Å². The number of hydrogen-bond donors (Lipinski definition) is 3. The molecule has 0 saturated heterocycles. The number of rotatable bonds is 6. The second-order valence-electron chi connectivity index (χ2n) is 6.24. The molecule has 2 amide bonds. The van der Waals surface area contributed by atoms with Crippen LogP contribution in [0.2, 0.25) is 0 Å². The first-order chi connectivity index (χ1) is 12.0. The molecular formula is C18H19FN2O4. The Bertz CT molecular complexity index is 775. The van der Waals surface area contributed by atoms with Crippen molar-refractivity contribution in [1.29, 1.82) is 0 Å². The van der Waals surface area contributed by atoms with Gasteiger partial charge in [0, 0.05) is 5.92 Å². The fourth-order valence-corrected chi connectivity index (χ4v) is 2.59. The van der Waals surface area contributed by atoms with Crippen molar-refractivity contribution in [2.75, 3.05) is 11.9 Å². The number of furan rings is 1. The molecule has 1 heterocycles. The van der Waals surface area contributed by atoms with Crippen LogP contribution in [0.3, 0.4) is 0 Å². The summed E-state index contributed by atoms with van der Waals surface area (Å²) in [6.45, 7) is 1.87. The topological polar surface area (TPSA) is 91.6 Å². The van der Waals surface area contributed by atoms with Crippen molar-refractivity contribution in [2.45, 2.75) is 19.4 Å². The highest BCUT2D eigenvalue weighted by Gasteiger charge is 2.39. The zero-order valence-corrected chi connectivity index (χ0v) is 13.7. The van der Waals surface area contributed by atoms with E-state index in [2.05, 4.69) is 10.6 Å². The van der Waals surface area contributed by atoms with Gasteiger partial charge in [0.2, 0.25) is 5.91 Å². The number of benzene rings is 1. The van der Waals surface area contributed by atoms with Crippen molar-refractivity contribution < 1.29 is 23.5 Å². The Morgan fingerprint density at radius 3 is 2.80 bits per heavy atom. The van der Waals surface area contributed by atoms with Gasteiger partial charge < -0.3 is 20.2 Å². The molecule has 0 bridgehead atoms. The summed E-state index contributed by atoms with van der Waals surface area (Å²) in [6.07, 6.45) is 1.21. The van der Waals surface area contributed by atoms with E-state index in [1.165, 1.54) is 18.4 Å². The third-order valence-electron chi connectivity index (χ3n) is 4.26. The van der Waals surface area contributed by atoms with Gasteiger partial charge in [-0.1, -0.05) is 6.92 Å². The van der Waals surface area contributed by atoms with E-state index in [4.69, 9.17) is 4.42 Å². The third-order valence-corrected chi connectivity index (χ3v) is 4.26. The second kappa shape index (κ2) is 7.06. The average molecular weight is 346 g/mol. The largest absolute Gasteiger partial charge is 0.467 e. The van der Waals surface area contributed by atoms with Gasteiger partial charge in [-0.25, -0.2) is 4.39 Å². The maximum Gasteiger partial charge on any atom is 0.253 e. The molecule has 132 valence electrons. The van der Waals surface area contributed by atoms with Gasteiger partial charge >= 0.3 is 0 Å². The fraction of sp³-hybridized carbons (Fsp3) is 0.333. The van der Waals surface area contributed by atoms with Gasteiger partial charge in [-0.3, -0.25) is 9.59 Å². The van der Waals surface area contributed by atoms with E-state index in [9.17, 15) is 19.1 Å². The molecule has 0 radical (unpaired) electrons. The van der Waals surface area contributed by atoms with Gasteiger partial charge in [0.25, 0.3) is 5.91 Å². The minimum Gasteiger partial charge on any atom is -0.467 e.